The van der Waals surface area contributed by atoms with Gasteiger partial charge in [-0.2, -0.15) is 5.26 Å². The number of nitriles is 1. The van der Waals surface area contributed by atoms with Crippen LogP contribution in [0, 0.1) is 11.3 Å². The van der Waals surface area contributed by atoms with E-state index in [2.05, 4.69) is 17.9 Å². The van der Waals surface area contributed by atoms with Gasteiger partial charge in [-0.05, 0) is 32.4 Å². The highest BCUT2D eigenvalue weighted by Gasteiger charge is 2.20. The van der Waals surface area contributed by atoms with Gasteiger partial charge in [-0.25, -0.2) is 0 Å². The Morgan fingerprint density at radius 1 is 1.42 bits per heavy atom. The van der Waals surface area contributed by atoms with Crippen LogP contribution in [0.15, 0.2) is 0 Å². The van der Waals surface area contributed by atoms with E-state index in [1.165, 1.54) is 25.7 Å². The first-order valence-electron chi connectivity index (χ1n) is 5.02. The highest BCUT2D eigenvalue weighted by atomic mass is 15.2. The van der Waals surface area contributed by atoms with Crippen molar-refractivity contribution in [3.8, 4) is 6.07 Å². The van der Waals surface area contributed by atoms with Crippen LogP contribution in [-0.2, 0) is 0 Å². The Hall–Kier alpha value is -0.550. The molecule has 68 valence electrons. The zero-order valence-electron chi connectivity index (χ0n) is 7.92. The first kappa shape index (κ1) is 9.54. The highest BCUT2D eigenvalue weighted by molar-refractivity contribution is 4.93. The van der Waals surface area contributed by atoms with Crippen molar-refractivity contribution in [3.05, 3.63) is 0 Å². The van der Waals surface area contributed by atoms with E-state index in [0.717, 1.165) is 19.5 Å². The molecule has 1 rings (SSSR count). The molecule has 1 aliphatic heterocycles. The molecule has 0 aromatic heterocycles. The van der Waals surface area contributed by atoms with Crippen LogP contribution >= 0.6 is 0 Å². The molecule has 0 bridgehead atoms. The van der Waals surface area contributed by atoms with Crippen molar-refractivity contribution in [1.29, 1.82) is 5.26 Å². The zero-order chi connectivity index (χ0) is 8.81. The van der Waals surface area contributed by atoms with Gasteiger partial charge in [0.2, 0.25) is 0 Å². The average Bonchev–Trinajstić information content (AvgIpc) is 2.59. The predicted octanol–water partition coefficient (Wildman–Crippen LogP) is 2.16. The quantitative estimate of drug-likeness (QED) is 0.640. The number of unbranched alkanes of at least 4 members (excludes halogenated alkanes) is 1. The van der Waals surface area contributed by atoms with Crippen molar-refractivity contribution in [2.75, 3.05) is 13.1 Å². The molecule has 1 saturated heterocycles. The van der Waals surface area contributed by atoms with Crippen LogP contribution in [0.5, 0.6) is 0 Å². The summed E-state index contributed by atoms with van der Waals surface area (Å²) < 4.78 is 0. The molecule has 0 N–H and O–H groups in total. The molecule has 2 nitrogen and oxygen atoms in total. The van der Waals surface area contributed by atoms with Gasteiger partial charge in [-0.15, -0.1) is 0 Å². The maximum atomic E-state index is 8.92. The fourth-order valence-electron chi connectivity index (χ4n) is 1.78. The van der Waals surface area contributed by atoms with Crippen LogP contribution in [0.25, 0.3) is 0 Å². The Kier molecular flexibility index (Phi) is 4.10. The largest absolute Gasteiger partial charge is 0.288 e. The first-order valence-corrected chi connectivity index (χ1v) is 5.02. The molecule has 1 unspecified atom stereocenters. The molecule has 12 heavy (non-hydrogen) atoms. The molecule has 2 heteroatoms. The van der Waals surface area contributed by atoms with Crippen LogP contribution in [0.3, 0.4) is 0 Å². The lowest BCUT2D eigenvalue weighted by molar-refractivity contribution is 0.274. The molecule has 0 spiro atoms. The summed E-state index contributed by atoms with van der Waals surface area (Å²) >= 11 is 0. The second-order valence-corrected chi connectivity index (χ2v) is 3.53. The van der Waals surface area contributed by atoms with Crippen molar-refractivity contribution in [2.24, 2.45) is 0 Å². The van der Waals surface area contributed by atoms with Crippen LogP contribution in [-0.4, -0.2) is 24.0 Å². The van der Waals surface area contributed by atoms with Crippen molar-refractivity contribution in [2.45, 2.75) is 45.1 Å². The summed E-state index contributed by atoms with van der Waals surface area (Å²) in [5.41, 5.74) is 0. The number of hydrogen-bond acceptors (Lipinski definition) is 2. The third-order valence-corrected chi connectivity index (χ3v) is 2.56. The standard InChI is InChI=1S/C10H18N2/c1-2-3-6-10(9-11)12-7-4-5-8-12/h10H,2-8H2,1H3. The number of likely N-dealkylation sites (tertiary alicyclic amines) is 1. The fraction of sp³-hybridized carbons (Fsp3) is 0.900. The predicted molar refractivity (Wildman–Crippen MR) is 49.7 cm³/mol. The lowest BCUT2D eigenvalue weighted by Crippen LogP contribution is -2.31. The van der Waals surface area contributed by atoms with Crippen molar-refractivity contribution >= 4 is 0 Å². The van der Waals surface area contributed by atoms with Gasteiger partial charge in [-0.1, -0.05) is 19.8 Å². The molecule has 1 atom stereocenters. The van der Waals surface area contributed by atoms with Crippen LogP contribution in [0.1, 0.15) is 39.0 Å². The molecule has 1 heterocycles. The van der Waals surface area contributed by atoms with E-state index >= 15 is 0 Å². The van der Waals surface area contributed by atoms with E-state index in [0.29, 0.717) is 0 Å². The smallest absolute Gasteiger partial charge is 0.0977 e. The lowest BCUT2D eigenvalue weighted by Gasteiger charge is -2.20. The third-order valence-electron chi connectivity index (χ3n) is 2.56. The molecular weight excluding hydrogens is 148 g/mol. The Balaban J connectivity index is 2.29. The molecule has 0 amide bonds. The maximum Gasteiger partial charge on any atom is 0.0977 e. The summed E-state index contributed by atoms with van der Waals surface area (Å²) in [5.74, 6) is 0. The van der Waals surface area contributed by atoms with E-state index in [-0.39, 0.29) is 6.04 Å². The van der Waals surface area contributed by atoms with Crippen molar-refractivity contribution < 1.29 is 0 Å². The molecule has 0 aromatic carbocycles. The van der Waals surface area contributed by atoms with E-state index < -0.39 is 0 Å². The summed E-state index contributed by atoms with van der Waals surface area (Å²) in [7, 11) is 0. The van der Waals surface area contributed by atoms with Gasteiger partial charge in [0.1, 0.15) is 0 Å². The normalized spacial score (nSPS) is 20.7. The van der Waals surface area contributed by atoms with E-state index in [1.807, 2.05) is 0 Å². The van der Waals surface area contributed by atoms with Crippen LogP contribution in [0.4, 0.5) is 0 Å². The SMILES string of the molecule is CCCCC(C#N)N1CCCC1. The minimum atomic E-state index is 0.201. The maximum absolute atomic E-state index is 8.92. The van der Waals surface area contributed by atoms with Crippen LogP contribution in [0.2, 0.25) is 0 Å². The summed E-state index contributed by atoms with van der Waals surface area (Å²) in [6, 6.07) is 2.61. The van der Waals surface area contributed by atoms with E-state index in [4.69, 9.17) is 5.26 Å². The topological polar surface area (TPSA) is 27.0 Å². The van der Waals surface area contributed by atoms with Crippen molar-refractivity contribution in [3.63, 3.8) is 0 Å². The van der Waals surface area contributed by atoms with Gasteiger partial charge in [0.05, 0.1) is 12.1 Å². The summed E-state index contributed by atoms with van der Waals surface area (Å²) in [6.07, 6.45) is 6.02. The molecular formula is C10H18N2. The molecule has 0 radical (unpaired) electrons. The second-order valence-electron chi connectivity index (χ2n) is 3.53. The van der Waals surface area contributed by atoms with Gasteiger partial charge in [0.25, 0.3) is 0 Å². The third kappa shape index (κ3) is 2.49. The molecule has 0 aliphatic carbocycles. The fourth-order valence-corrected chi connectivity index (χ4v) is 1.78. The van der Waals surface area contributed by atoms with E-state index in [9.17, 15) is 0 Å². The molecule has 1 fully saturated rings. The van der Waals surface area contributed by atoms with Gasteiger partial charge in [0, 0.05) is 0 Å². The Labute approximate surface area is 75.2 Å². The molecule has 0 aromatic rings. The number of hydrogen-bond donors (Lipinski definition) is 0. The summed E-state index contributed by atoms with van der Waals surface area (Å²) in [4.78, 5) is 2.33. The van der Waals surface area contributed by atoms with Gasteiger partial charge >= 0.3 is 0 Å². The zero-order valence-corrected chi connectivity index (χ0v) is 7.92. The van der Waals surface area contributed by atoms with E-state index in [1.54, 1.807) is 0 Å². The van der Waals surface area contributed by atoms with Gasteiger partial charge in [0.15, 0.2) is 0 Å². The first-order chi connectivity index (χ1) is 5.88. The molecule has 1 aliphatic rings. The minimum absolute atomic E-state index is 0.201. The number of nitrogens with zero attached hydrogens (tertiary/aromatic N) is 2. The Morgan fingerprint density at radius 2 is 2.08 bits per heavy atom. The minimum Gasteiger partial charge on any atom is -0.288 e. The highest BCUT2D eigenvalue weighted by Crippen LogP contribution is 2.15. The Bertz CT molecular complexity index is 154. The van der Waals surface area contributed by atoms with Gasteiger partial charge < -0.3 is 0 Å². The lowest BCUT2D eigenvalue weighted by atomic mass is 10.1. The molecule has 0 saturated carbocycles. The van der Waals surface area contributed by atoms with Gasteiger partial charge in [-0.3, -0.25) is 4.90 Å². The second kappa shape index (κ2) is 5.16. The summed E-state index contributed by atoms with van der Waals surface area (Å²) in [6.45, 7) is 4.46. The monoisotopic (exact) mass is 166 g/mol. The number of rotatable bonds is 4. The summed E-state index contributed by atoms with van der Waals surface area (Å²) in [5, 5.41) is 8.92. The average molecular weight is 166 g/mol. The van der Waals surface area contributed by atoms with Crippen LogP contribution < -0.4 is 0 Å². The Morgan fingerprint density at radius 3 is 2.58 bits per heavy atom. The van der Waals surface area contributed by atoms with Crippen molar-refractivity contribution in [1.82, 2.24) is 4.90 Å².